The molecule has 0 bridgehead atoms. The van der Waals surface area contributed by atoms with Crippen LogP contribution in [0.1, 0.15) is 24.0 Å². The summed E-state index contributed by atoms with van der Waals surface area (Å²) in [7, 11) is 0. The largest absolute Gasteiger partial charge is 0.461 e. The molecule has 0 spiro atoms. The highest BCUT2D eigenvalue weighted by Crippen LogP contribution is 2.10. The minimum Gasteiger partial charge on any atom is -0.461 e. The van der Waals surface area contributed by atoms with Gasteiger partial charge in [0.15, 0.2) is 0 Å². The van der Waals surface area contributed by atoms with Gasteiger partial charge in [-0.3, -0.25) is 14.4 Å². The van der Waals surface area contributed by atoms with Crippen LogP contribution in [0.2, 0.25) is 0 Å². The zero-order chi connectivity index (χ0) is 21.2. The Kier molecular flexibility index (Phi) is 7.97. The van der Waals surface area contributed by atoms with Crippen molar-refractivity contribution in [3.8, 4) is 0 Å². The normalized spacial score (nSPS) is 16.2. The molecule has 2 aromatic rings. The quantitative estimate of drug-likeness (QED) is 0.637. The van der Waals surface area contributed by atoms with E-state index in [-0.39, 0.29) is 38.1 Å². The Bertz CT molecular complexity index is 841. The summed E-state index contributed by atoms with van der Waals surface area (Å²) in [6.07, 6.45) is 0.449. The van der Waals surface area contributed by atoms with Gasteiger partial charge in [-0.15, -0.1) is 0 Å². The summed E-state index contributed by atoms with van der Waals surface area (Å²) in [6.45, 7) is 1.28. The van der Waals surface area contributed by atoms with Gasteiger partial charge in [0.05, 0.1) is 6.04 Å². The van der Waals surface area contributed by atoms with Gasteiger partial charge < -0.3 is 19.7 Å². The number of hydrogen-bond acceptors (Lipinski definition) is 6. The maximum Gasteiger partial charge on any atom is 0.325 e. The molecule has 1 saturated heterocycles. The molecule has 3 rings (SSSR count). The molecular formula is C23H26N2O5. The van der Waals surface area contributed by atoms with Crippen molar-refractivity contribution in [3.63, 3.8) is 0 Å². The van der Waals surface area contributed by atoms with E-state index in [4.69, 9.17) is 9.47 Å². The number of carbonyl (C=O) groups excluding carboxylic acids is 3. The number of nitrogens with one attached hydrogen (secondary N) is 1. The van der Waals surface area contributed by atoms with E-state index < -0.39 is 12.0 Å². The zero-order valence-corrected chi connectivity index (χ0v) is 16.8. The first-order valence-corrected chi connectivity index (χ1v) is 10.0. The fraction of sp³-hybridized carbons (Fsp3) is 0.348. The van der Waals surface area contributed by atoms with Gasteiger partial charge >= 0.3 is 11.9 Å². The Morgan fingerprint density at radius 1 is 0.900 bits per heavy atom. The van der Waals surface area contributed by atoms with Gasteiger partial charge in [0.25, 0.3) is 0 Å². The van der Waals surface area contributed by atoms with Gasteiger partial charge in [-0.2, -0.15) is 0 Å². The fourth-order valence-electron chi connectivity index (χ4n) is 3.19. The lowest BCUT2D eigenvalue weighted by Gasteiger charge is -2.32. The molecule has 0 saturated carbocycles. The van der Waals surface area contributed by atoms with Crippen LogP contribution in [0, 0.1) is 0 Å². The third kappa shape index (κ3) is 6.70. The van der Waals surface area contributed by atoms with Gasteiger partial charge in [-0.05, 0) is 17.5 Å². The molecule has 1 amide bonds. The first-order valence-electron chi connectivity index (χ1n) is 10.0. The van der Waals surface area contributed by atoms with Crippen molar-refractivity contribution in [2.45, 2.75) is 32.1 Å². The van der Waals surface area contributed by atoms with E-state index in [0.717, 1.165) is 11.1 Å². The number of benzene rings is 2. The number of amides is 1. The van der Waals surface area contributed by atoms with Crippen molar-refractivity contribution in [2.24, 2.45) is 0 Å². The molecule has 7 heteroatoms. The molecule has 0 aliphatic carbocycles. The molecule has 30 heavy (non-hydrogen) atoms. The molecule has 0 radical (unpaired) electrons. The van der Waals surface area contributed by atoms with E-state index in [1.807, 2.05) is 60.7 Å². The summed E-state index contributed by atoms with van der Waals surface area (Å²) in [6, 6.07) is 18.3. The number of nitrogens with zero attached hydrogens (tertiary/aromatic N) is 1. The predicted molar refractivity (Wildman–Crippen MR) is 110 cm³/mol. The third-order valence-electron chi connectivity index (χ3n) is 4.82. The summed E-state index contributed by atoms with van der Waals surface area (Å²) in [5, 5.41) is 3.11. The molecule has 0 unspecified atom stereocenters. The SMILES string of the molecule is O=C(CC[C@@H]1NCCN(CC(=O)OCc2ccccc2)C1=O)OCc1ccccc1. The molecule has 1 N–H and O–H groups in total. The average Bonchev–Trinajstić information content (AvgIpc) is 2.78. The van der Waals surface area contributed by atoms with Crippen molar-refractivity contribution in [1.29, 1.82) is 0 Å². The van der Waals surface area contributed by atoms with Crippen LogP contribution in [-0.4, -0.2) is 48.4 Å². The van der Waals surface area contributed by atoms with Crippen LogP contribution in [0.3, 0.4) is 0 Å². The standard InChI is InChI=1S/C23H26N2O5/c26-21(29-16-18-7-3-1-4-8-18)12-11-20-23(28)25(14-13-24-20)15-22(27)30-17-19-9-5-2-6-10-19/h1-10,20,24H,11-17H2/t20-/m0/s1. The highest BCUT2D eigenvalue weighted by Gasteiger charge is 2.30. The molecule has 1 aliphatic heterocycles. The van der Waals surface area contributed by atoms with Crippen LogP contribution in [-0.2, 0) is 37.1 Å². The second-order valence-electron chi connectivity index (χ2n) is 7.10. The van der Waals surface area contributed by atoms with Crippen LogP contribution >= 0.6 is 0 Å². The summed E-state index contributed by atoms with van der Waals surface area (Å²) in [5.74, 6) is -1.00. The lowest BCUT2D eigenvalue weighted by Crippen LogP contribution is -2.56. The Labute approximate surface area is 176 Å². The molecule has 1 fully saturated rings. The first kappa shape index (κ1) is 21.5. The van der Waals surface area contributed by atoms with Gasteiger partial charge in [-0.1, -0.05) is 60.7 Å². The van der Waals surface area contributed by atoms with Crippen LogP contribution in [0.15, 0.2) is 60.7 Å². The van der Waals surface area contributed by atoms with Crippen LogP contribution in [0.5, 0.6) is 0 Å². The van der Waals surface area contributed by atoms with Crippen molar-refractivity contribution in [2.75, 3.05) is 19.6 Å². The number of hydrogen-bond donors (Lipinski definition) is 1. The first-order chi connectivity index (χ1) is 14.6. The minimum atomic E-state index is -0.509. The summed E-state index contributed by atoms with van der Waals surface area (Å²) < 4.78 is 10.5. The number of esters is 2. The molecule has 7 nitrogen and oxygen atoms in total. The lowest BCUT2D eigenvalue weighted by molar-refractivity contribution is -0.152. The maximum absolute atomic E-state index is 12.6. The highest BCUT2D eigenvalue weighted by molar-refractivity contribution is 5.87. The monoisotopic (exact) mass is 410 g/mol. The smallest absolute Gasteiger partial charge is 0.325 e. The van der Waals surface area contributed by atoms with E-state index in [2.05, 4.69) is 5.32 Å². The number of ether oxygens (including phenoxy) is 2. The van der Waals surface area contributed by atoms with E-state index >= 15 is 0 Å². The summed E-state index contributed by atoms with van der Waals surface area (Å²) in [4.78, 5) is 38.2. The topological polar surface area (TPSA) is 84.9 Å². The molecule has 158 valence electrons. The Balaban J connectivity index is 1.39. The van der Waals surface area contributed by atoms with E-state index in [1.54, 1.807) is 0 Å². The second kappa shape index (κ2) is 11.1. The molecule has 1 aliphatic rings. The van der Waals surface area contributed by atoms with E-state index in [1.165, 1.54) is 4.90 Å². The molecule has 0 aromatic heterocycles. The van der Waals surface area contributed by atoms with Gasteiger partial charge in [0.2, 0.25) is 5.91 Å². The van der Waals surface area contributed by atoms with Crippen LogP contribution in [0.25, 0.3) is 0 Å². The zero-order valence-electron chi connectivity index (χ0n) is 16.8. The van der Waals surface area contributed by atoms with E-state index in [0.29, 0.717) is 19.5 Å². The Hall–Kier alpha value is -3.19. The van der Waals surface area contributed by atoms with Crippen LogP contribution in [0.4, 0.5) is 0 Å². The number of carbonyl (C=O) groups is 3. The lowest BCUT2D eigenvalue weighted by atomic mass is 10.1. The number of rotatable bonds is 9. The fourth-order valence-corrected chi connectivity index (χ4v) is 3.19. The van der Waals surface area contributed by atoms with Crippen LogP contribution < -0.4 is 5.32 Å². The summed E-state index contributed by atoms with van der Waals surface area (Å²) in [5.41, 5.74) is 1.81. The average molecular weight is 410 g/mol. The summed E-state index contributed by atoms with van der Waals surface area (Å²) >= 11 is 0. The molecular weight excluding hydrogens is 384 g/mol. The van der Waals surface area contributed by atoms with Crippen molar-refractivity contribution >= 4 is 17.8 Å². The molecule has 2 aromatic carbocycles. The number of piperazine rings is 1. The van der Waals surface area contributed by atoms with Crippen molar-refractivity contribution < 1.29 is 23.9 Å². The second-order valence-corrected chi connectivity index (χ2v) is 7.10. The Morgan fingerprint density at radius 3 is 2.07 bits per heavy atom. The van der Waals surface area contributed by atoms with Crippen molar-refractivity contribution in [1.82, 2.24) is 10.2 Å². The third-order valence-corrected chi connectivity index (χ3v) is 4.82. The molecule has 1 atom stereocenters. The maximum atomic E-state index is 12.6. The van der Waals surface area contributed by atoms with Gasteiger partial charge in [0, 0.05) is 19.5 Å². The Morgan fingerprint density at radius 2 is 1.47 bits per heavy atom. The molecule has 1 heterocycles. The highest BCUT2D eigenvalue weighted by atomic mass is 16.5. The van der Waals surface area contributed by atoms with Gasteiger partial charge in [0.1, 0.15) is 19.8 Å². The van der Waals surface area contributed by atoms with Gasteiger partial charge in [-0.25, -0.2) is 0 Å². The van der Waals surface area contributed by atoms with Crippen molar-refractivity contribution in [3.05, 3.63) is 71.8 Å². The minimum absolute atomic E-state index is 0.0949. The van der Waals surface area contributed by atoms with E-state index in [9.17, 15) is 14.4 Å². The predicted octanol–water partition coefficient (Wildman–Crippen LogP) is 2.05.